The van der Waals surface area contributed by atoms with Crippen LogP contribution in [0.3, 0.4) is 0 Å². The number of fused-ring (bicyclic) bond motifs is 1. The summed E-state index contributed by atoms with van der Waals surface area (Å²) in [4.78, 5) is 14.0. The van der Waals surface area contributed by atoms with Gasteiger partial charge in [-0.2, -0.15) is 8.78 Å². The molecule has 0 aliphatic heterocycles. The molecule has 5 nitrogen and oxygen atoms in total. The quantitative estimate of drug-likeness (QED) is 0.374. The van der Waals surface area contributed by atoms with E-state index in [9.17, 15) is 8.78 Å². The number of halogens is 2. The van der Waals surface area contributed by atoms with Crippen LogP contribution in [0.2, 0.25) is 0 Å². The van der Waals surface area contributed by atoms with Crippen LogP contribution in [0.25, 0.3) is 22.2 Å². The van der Waals surface area contributed by atoms with Crippen molar-refractivity contribution in [1.82, 2.24) is 19.5 Å². The highest BCUT2D eigenvalue weighted by Gasteiger charge is 2.23. The molecule has 1 aliphatic carbocycles. The summed E-state index contributed by atoms with van der Waals surface area (Å²) in [6.07, 6.45) is 5.40. The maximum Gasteiger partial charge on any atom is 0.387 e. The first-order valence-electron chi connectivity index (χ1n) is 10.8. The van der Waals surface area contributed by atoms with Gasteiger partial charge in [0, 0.05) is 29.4 Å². The Hall–Kier alpha value is -3.35. The molecule has 1 fully saturated rings. The molecule has 1 aliphatic rings. The number of aryl methyl sites for hydroxylation is 2. The second kappa shape index (κ2) is 8.30. The summed E-state index contributed by atoms with van der Waals surface area (Å²) in [6, 6.07) is 12.9. The molecule has 0 radical (unpaired) electrons. The van der Waals surface area contributed by atoms with Gasteiger partial charge in [0.1, 0.15) is 17.4 Å². The fourth-order valence-electron chi connectivity index (χ4n) is 4.10. The molecular formula is C25H24F2N4O. The lowest BCUT2D eigenvalue weighted by Gasteiger charge is -2.13. The summed E-state index contributed by atoms with van der Waals surface area (Å²) in [5, 5.41) is 0. The third-order valence-electron chi connectivity index (χ3n) is 5.96. The van der Waals surface area contributed by atoms with E-state index in [1.54, 1.807) is 18.2 Å². The second-order valence-corrected chi connectivity index (χ2v) is 8.37. The number of para-hydroxylation sites is 1. The minimum Gasteiger partial charge on any atom is -0.434 e. The Labute approximate surface area is 185 Å². The van der Waals surface area contributed by atoms with Gasteiger partial charge >= 0.3 is 6.61 Å². The first-order chi connectivity index (χ1) is 15.5. The van der Waals surface area contributed by atoms with Crippen molar-refractivity contribution in [2.45, 2.75) is 46.3 Å². The molecule has 0 saturated heterocycles. The van der Waals surface area contributed by atoms with Crippen LogP contribution in [0.15, 0.2) is 48.7 Å². The fraction of sp³-hybridized carbons (Fsp3) is 0.320. The molecule has 32 heavy (non-hydrogen) atoms. The van der Waals surface area contributed by atoms with Crippen LogP contribution in [0.5, 0.6) is 5.75 Å². The van der Waals surface area contributed by atoms with Crippen molar-refractivity contribution >= 4 is 11.0 Å². The highest BCUT2D eigenvalue weighted by atomic mass is 19.3. The highest BCUT2D eigenvalue weighted by Crippen LogP contribution is 2.33. The molecule has 2 heterocycles. The van der Waals surface area contributed by atoms with Crippen LogP contribution in [-0.4, -0.2) is 26.1 Å². The van der Waals surface area contributed by atoms with Gasteiger partial charge < -0.3 is 9.30 Å². The SMILES string of the molecule is Cc1nc(CC2CC2)ncc1-c1ccc2nc(C)n(Cc3ccccc3OC(F)F)c2c1. The normalized spacial score (nSPS) is 13.8. The van der Waals surface area contributed by atoms with E-state index < -0.39 is 6.61 Å². The summed E-state index contributed by atoms with van der Waals surface area (Å²) in [5.41, 5.74) is 5.39. The topological polar surface area (TPSA) is 52.8 Å². The molecule has 164 valence electrons. The number of nitrogens with zero attached hydrogens (tertiary/aromatic N) is 4. The Kier molecular flexibility index (Phi) is 5.33. The van der Waals surface area contributed by atoms with Gasteiger partial charge in [-0.3, -0.25) is 0 Å². The molecule has 0 bridgehead atoms. The first kappa shape index (κ1) is 20.5. The molecule has 4 aromatic rings. The maximum atomic E-state index is 12.8. The molecule has 2 aromatic carbocycles. The number of benzene rings is 2. The van der Waals surface area contributed by atoms with Gasteiger partial charge in [-0.1, -0.05) is 24.3 Å². The summed E-state index contributed by atoms with van der Waals surface area (Å²) in [7, 11) is 0. The van der Waals surface area contributed by atoms with Crippen molar-refractivity contribution in [3.8, 4) is 16.9 Å². The van der Waals surface area contributed by atoms with E-state index in [4.69, 9.17) is 9.72 Å². The predicted molar refractivity (Wildman–Crippen MR) is 119 cm³/mol. The number of ether oxygens (including phenoxy) is 1. The largest absolute Gasteiger partial charge is 0.434 e. The molecule has 0 spiro atoms. The van der Waals surface area contributed by atoms with Gasteiger partial charge in [-0.05, 0) is 56.4 Å². The molecule has 0 N–H and O–H groups in total. The third kappa shape index (κ3) is 4.20. The number of alkyl halides is 2. The lowest BCUT2D eigenvalue weighted by atomic mass is 10.1. The predicted octanol–water partition coefficient (Wildman–Crippen LogP) is 5.71. The van der Waals surface area contributed by atoms with Crippen molar-refractivity contribution in [3.63, 3.8) is 0 Å². The average molecular weight is 434 g/mol. The van der Waals surface area contributed by atoms with Crippen molar-refractivity contribution < 1.29 is 13.5 Å². The van der Waals surface area contributed by atoms with Crippen LogP contribution in [0.1, 0.15) is 35.7 Å². The first-order valence-corrected chi connectivity index (χ1v) is 10.8. The van der Waals surface area contributed by atoms with E-state index in [1.807, 2.05) is 42.8 Å². The van der Waals surface area contributed by atoms with Crippen molar-refractivity contribution in [3.05, 3.63) is 71.6 Å². The van der Waals surface area contributed by atoms with Gasteiger partial charge in [-0.15, -0.1) is 0 Å². The van der Waals surface area contributed by atoms with Gasteiger partial charge in [0.05, 0.1) is 17.6 Å². The Morgan fingerprint density at radius 3 is 2.66 bits per heavy atom. The third-order valence-corrected chi connectivity index (χ3v) is 5.96. The zero-order valence-electron chi connectivity index (χ0n) is 18.1. The monoisotopic (exact) mass is 434 g/mol. The van der Waals surface area contributed by atoms with Crippen LogP contribution in [0.4, 0.5) is 8.78 Å². The molecule has 7 heteroatoms. The molecule has 0 atom stereocenters. The van der Waals surface area contributed by atoms with E-state index in [0.717, 1.165) is 51.8 Å². The van der Waals surface area contributed by atoms with Gasteiger partial charge in [-0.25, -0.2) is 15.0 Å². The fourth-order valence-corrected chi connectivity index (χ4v) is 4.10. The molecule has 2 aromatic heterocycles. The zero-order chi connectivity index (χ0) is 22.2. The minimum absolute atomic E-state index is 0.176. The minimum atomic E-state index is -2.87. The van der Waals surface area contributed by atoms with Gasteiger partial charge in [0.25, 0.3) is 0 Å². The second-order valence-electron chi connectivity index (χ2n) is 8.37. The summed E-state index contributed by atoms with van der Waals surface area (Å²) in [6.45, 7) is 1.44. The van der Waals surface area contributed by atoms with Crippen molar-refractivity contribution in [2.24, 2.45) is 5.92 Å². The molecule has 0 amide bonds. The molecular weight excluding hydrogens is 410 g/mol. The number of hydrogen-bond donors (Lipinski definition) is 0. The maximum absolute atomic E-state index is 12.8. The van der Waals surface area contributed by atoms with Crippen LogP contribution < -0.4 is 4.74 Å². The lowest BCUT2D eigenvalue weighted by molar-refractivity contribution is -0.0504. The van der Waals surface area contributed by atoms with E-state index >= 15 is 0 Å². The lowest BCUT2D eigenvalue weighted by Crippen LogP contribution is -2.08. The van der Waals surface area contributed by atoms with Gasteiger partial charge in [0.2, 0.25) is 0 Å². The summed E-state index contributed by atoms with van der Waals surface area (Å²) >= 11 is 0. The van der Waals surface area contributed by atoms with Crippen LogP contribution in [0, 0.1) is 19.8 Å². The summed E-state index contributed by atoms with van der Waals surface area (Å²) in [5.74, 6) is 2.63. The van der Waals surface area contributed by atoms with Gasteiger partial charge in [0.15, 0.2) is 0 Å². The summed E-state index contributed by atoms with van der Waals surface area (Å²) < 4.78 is 32.4. The van der Waals surface area contributed by atoms with Crippen molar-refractivity contribution in [2.75, 3.05) is 0 Å². The van der Waals surface area contributed by atoms with E-state index in [0.29, 0.717) is 12.1 Å². The van der Waals surface area contributed by atoms with Crippen molar-refractivity contribution in [1.29, 1.82) is 0 Å². The van der Waals surface area contributed by atoms with Crippen LogP contribution >= 0.6 is 0 Å². The van der Waals surface area contributed by atoms with Crippen LogP contribution in [-0.2, 0) is 13.0 Å². The molecule has 0 unspecified atom stereocenters. The van der Waals surface area contributed by atoms with E-state index in [-0.39, 0.29) is 5.75 Å². The Balaban J connectivity index is 1.51. The Morgan fingerprint density at radius 1 is 1.09 bits per heavy atom. The standard InChI is InChI=1S/C25H24F2N4O/c1-15-20(13-28-24(29-15)11-17-7-8-17)18-9-10-21-22(12-18)31(16(2)30-21)14-19-5-3-4-6-23(19)32-25(26)27/h3-6,9-10,12-13,17,25H,7-8,11,14H2,1-2H3. The smallest absolute Gasteiger partial charge is 0.387 e. The molecule has 5 rings (SSSR count). The number of rotatable bonds is 7. The Morgan fingerprint density at radius 2 is 1.91 bits per heavy atom. The zero-order valence-corrected chi connectivity index (χ0v) is 18.1. The number of aromatic nitrogens is 4. The Bertz CT molecular complexity index is 1280. The number of imidazole rings is 1. The highest BCUT2D eigenvalue weighted by molar-refractivity contribution is 5.83. The number of hydrogen-bond acceptors (Lipinski definition) is 4. The average Bonchev–Trinajstić information content (AvgIpc) is 3.52. The molecule has 1 saturated carbocycles. The van der Waals surface area contributed by atoms with E-state index in [2.05, 4.69) is 16.0 Å². The van der Waals surface area contributed by atoms with E-state index in [1.165, 1.54) is 12.8 Å².